The highest BCUT2D eigenvalue weighted by Crippen LogP contribution is 2.22. The van der Waals surface area contributed by atoms with Crippen molar-refractivity contribution in [2.45, 2.75) is 6.92 Å². The van der Waals surface area contributed by atoms with E-state index in [0.29, 0.717) is 12.4 Å². The van der Waals surface area contributed by atoms with Crippen molar-refractivity contribution in [1.82, 2.24) is 0 Å². The number of methoxy groups -OCH3 is 1. The summed E-state index contributed by atoms with van der Waals surface area (Å²) in [6.45, 7) is 2.59. The molecule has 2 rings (SSSR count). The first-order valence-corrected chi connectivity index (χ1v) is 7.13. The molecule has 0 spiro atoms. The van der Waals surface area contributed by atoms with Crippen molar-refractivity contribution in [3.8, 4) is 16.9 Å². The van der Waals surface area contributed by atoms with Crippen LogP contribution in [0.1, 0.15) is 5.56 Å². The summed E-state index contributed by atoms with van der Waals surface area (Å²) in [4.78, 5) is 11.4. The van der Waals surface area contributed by atoms with Crippen molar-refractivity contribution in [3.05, 3.63) is 54.1 Å². The third-order valence-corrected chi connectivity index (χ3v) is 3.15. The Bertz CT molecular complexity index is 587. The van der Waals surface area contributed by atoms with Crippen LogP contribution in [0.4, 0.5) is 0 Å². The number of carbonyl (C=O) groups is 1. The number of aryl methyl sites for hydroxylation is 1. The number of ether oxygens (including phenoxy) is 3. The first-order valence-electron chi connectivity index (χ1n) is 7.13. The van der Waals surface area contributed by atoms with E-state index < -0.39 is 5.97 Å². The van der Waals surface area contributed by atoms with Crippen LogP contribution in [-0.2, 0) is 14.3 Å². The van der Waals surface area contributed by atoms with Crippen molar-refractivity contribution in [2.24, 2.45) is 0 Å². The number of esters is 1. The molecule has 2 aromatic carbocycles. The van der Waals surface area contributed by atoms with Crippen molar-refractivity contribution in [2.75, 3.05) is 26.9 Å². The van der Waals surface area contributed by atoms with Gasteiger partial charge in [0.2, 0.25) is 0 Å². The molecule has 116 valence electrons. The van der Waals surface area contributed by atoms with Crippen molar-refractivity contribution in [1.29, 1.82) is 0 Å². The summed E-state index contributed by atoms with van der Waals surface area (Å²) >= 11 is 0. The molecule has 0 aliphatic rings. The molecule has 0 saturated heterocycles. The summed E-state index contributed by atoms with van der Waals surface area (Å²) in [7, 11) is 1.56. The highest BCUT2D eigenvalue weighted by atomic mass is 16.6. The van der Waals surface area contributed by atoms with Crippen LogP contribution >= 0.6 is 0 Å². The quantitative estimate of drug-likeness (QED) is 0.582. The van der Waals surface area contributed by atoms with Crippen LogP contribution in [0.5, 0.6) is 5.75 Å². The first kappa shape index (κ1) is 16.0. The molecule has 0 aliphatic heterocycles. The van der Waals surface area contributed by atoms with Crippen LogP contribution < -0.4 is 4.74 Å². The van der Waals surface area contributed by atoms with E-state index in [9.17, 15) is 4.79 Å². The van der Waals surface area contributed by atoms with E-state index in [1.807, 2.05) is 24.3 Å². The Morgan fingerprint density at radius 3 is 2.09 bits per heavy atom. The lowest BCUT2D eigenvalue weighted by Crippen LogP contribution is -2.17. The van der Waals surface area contributed by atoms with E-state index in [4.69, 9.17) is 14.2 Å². The number of rotatable bonds is 7. The van der Waals surface area contributed by atoms with Crippen LogP contribution in [0.2, 0.25) is 0 Å². The number of hydrogen-bond acceptors (Lipinski definition) is 4. The van der Waals surface area contributed by atoms with Gasteiger partial charge in [0.1, 0.15) is 12.4 Å². The van der Waals surface area contributed by atoms with Gasteiger partial charge in [-0.2, -0.15) is 0 Å². The Hall–Kier alpha value is -2.33. The smallest absolute Gasteiger partial charge is 0.344 e. The second-order valence-electron chi connectivity index (χ2n) is 4.89. The van der Waals surface area contributed by atoms with Gasteiger partial charge in [-0.05, 0) is 30.2 Å². The monoisotopic (exact) mass is 300 g/mol. The SMILES string of the molecule is COCCOC(=O)COc1ccc(-c2ccc(C)cc2)cc1. The predicted octanol–water partition coefficient (Wildman–Crippen LogP) is 3.23. The van der Waals surface area contributed by atoms with Gasteiger partial charge in [0, 0.05) is 7.11 Å². The van der Waals surface area contributed by atoms with Crippen LogP contribution in [0.15, 0.2) is 48.5 Å². The van der Waals surface area contributed by atoms with Gasteiger partial charge in [0.25, 0.3) is 0 Å². The van der Waals surface area contributed by atoms with Crippen molar-refractivity contribution < 1.29 is 19.0 Å². The molecule has 0 radical (unpaired) electrons. The zero-order valence-electron chi connectivity index (χ0n) is 12.9. The normalized spacial score (nSPS) is 10.3. The van der Waals surface area contributed by atoms with Gasteiger partial charge in [-0.25, -0.2) is 4.79 Å². The third-order valence-electron chi connectivity index (χ3n) is 3.15. The summed E-state index contributed by atoms with van der Waals surface area (Å²) in [5, 5.41) is 0. The number of hydrogen-bond donors (Lipinski definition) is 0. The molecule has 4 heteroatoms. The molecule has 4 nitrogen and oxygen atoms in total. The molecule has 0 aromatic heterocycles. The summed E-state index contributed by atoms with van der Waals surface area (Å²) in [6.07, 6.45) is 0. The minimum absolute atomic E-state index is 0.104. The molecule has 0 atom stereocenters. The molecule has 0 aliphatic carbocycles. The van der Waals surface area contributed by atoms with Gasteiger partial charge < -0.3 is 14.2 Å². The lowest BCUT2D eigenvalue weighted by Gasteiger charge is -2.08. The Morgan fingerprint density at radius 1 is 0.909 bits per heavy atom. The highest BCUT2D eigenvalue weighted by Gasteiger charge is 2.04. The first-order chi connectivity index (χ1) is 10.7. The molecule has 0 bridgehead atoms. The van der Waals surface area contributed by atoms with Crippen LogP contribution in [0.3, 0.4) is 0 Å². The number of benzene rings is 2. The Balaban J connectivity index is 1.86. The average molecular weight is 300 g/mol. The van der Waals surface area contributed by atoms with Gasteiger partial charge in [-0.3, -0.25) is 0 Å². The van der Waals surface area contributed by atoms with Gasteiger partial charge in [-0.1, -0.05) is 42.0 Å². The van der Waals surface area contributed by atoms with Crippen LogP contribution in [0, 0.1) is 6.92 Å². The molecule has 0 unspecified atom stereocenters. The maximum absolute atomic E-state index is 11.4. The van der Waals surface area contributed by atoms with E-state index in [1.54, 1.807) is 7.11 Å². The van der Waals surface area contributed by atoms with Gasteiger partial charge in [-0.15, -0.1) is 0 Å². The third kappa shape index (κ3) is 4.90. The minimum Gasteiger partial charge on any atom is -0.482 e. The molecule has 0 saturated carbocycles. The largest absolute Gasteiger partial charge is 0.482 e. The fraction of sp³-hybridized carbons (Fsp3) is 0.278. The fourth-order valence-corrected chi connectivity index (χ4v) is 1.91. The molecule has 0 fully saturated rings. The zero-order valence-corrected chi connectivity index (χ0v) is 12.9. The molecule has 0 N–H and O–H groups in total. The Kier molecular flexibility index (Phi) is 5.98. The fourth-order valence-electron chi connectivity index (χ4n) is 1.91. The van der Waals surface area contributed by atoms with Crippen LogP contribution in [0.25, 0.3) is 11.1 Å². The van der Waals surface area contributed by atoms with Crippen molar-refractivity contribution in [3.63, 3.8) is 0 Å². The lowest BCUT2D eigenvalue weighted by atomic mass is 10.0. The Morgan fingerprint density at radius 2 is 1.50 bits per heavy atom. The molecule has 2 aromatic rings. The maximum Gasteiger partial charge on any atom is 0.344 e. The van der Waals surface area contributed by atoms with Gasteiger partial charge in [0.15, 0.2) is 6.61 Å². The maximum atomic E-state index is 11.4. The highest BCUT2D eigenvalue weighted by molar-refractivity contribution is 5.71. The summed E-state index contributed by atoms with van der Waals surface area (Å²) in [6, 6.07) is 15.9. The number of carbonyl (C=O) groups excluding carboxylic acids is 1. The molecule has 22 heavy (non-hydrogen) atoms. The molecule has 0 amide bonds. The topological polar surface area (TPSA) is 44.8 Å². The average Bonchev–Trinajstić information content (AvgIpc) is 2.54. The van der Waals surface area contributed by atoms with E-state index in [1.165, 1.54) is 5.56 Å². The lowest BCUT2D eigenvalue weighted by molar-refractivity contribution is -0.147. The summed E-state index contributed by atoms with van der Waals surface area (Å²) in [5.74, 6) is 0.235. The molecule has 0 heterocycles. The minimum atomic E-state index is -0.403. The van der Waals surface area contributed by atoms with Gasteiger partial charge >= 0.3 is 5.97 Å². The summed E-state index contributed by atoms with van der Waals surface area (Å²) < 4.78 is 15.1. The van der Waals surface area contributed by atoms with E-state index >= 15 is 0 Å². The Labute approximate surface area is 130 Å². The van der Waals surface area contributed by atoms with E-state index in [0.717, 1.165) is 11.1 Å². The van der Waals surface area contributed by atoms with Gasteiger partial charge in [0.05, 0.1) is 6.61 Å². The standard InChI is InChI=1S/C18H20O4/c1-14-3-5-15(6-4-14)16-7-9-17(10-8-16)22-13-18(19)21-12-11-20-2/h3-10H,11-13H2,1-2H3. The predicted molar refractivity (Wildman–Crippen MR) is 84.9 cm³/mol. The second-order valence-corrected chi connectivity index (χ2v) is 4.89. The summed E-state index contributed by atoms with van der Waals surface area (Å²) in [5.41, 5.74) is 3.49. The zero-order chi connectivity index (χ0) is 15.8. The van der Waals surface area contributed by atoms with E-state index in [2.05, 4.69) is 31.2 Å². The van der Waals surface area contributed by atoms with Crippen LogP contribution in [-0.4, -0.2) is 32.9 Å². The molecular weight excluding hydrogens is 280 g/mol. The van der Waals surface area contributed by atoms with Crippen molar-refractivity contribution >= 4 is 5.97 Å². The second kappa shape index (κ2) is 8.20. The van der Waals surface area contributed by atoms with E-state index in [-0.39, 0.29) is 13.2 Å². The molecular formula is C18H20O4.